The van der Waals surface area contributed by atoms with E-state index in [0.29, 0.717) is 16.7 Å². The van der Waals surface area contributed by atoms with Crippen molar-refractivity contribution in [3.63, 3.8) is 0 Å². The van der Waals surface area contributed by atoms with Crippen molar-refractivity contribution < 1.29 is 13.5 Å². The van der Waals surface area contributed by atoms with E-state index in [1.165, 1.54) is 31.3 Å². The van der Waals surface area contributed by atoms with Gasteiger partial charge in [-0.15, -0.1) is 0 Å². The van der Waals surface area contributed by atoms with Crippen molar-refractivity contribution in [2.24, 2.45) is 40.4 Å². The highest BCUT2D eigenvalue weighted by Gasteiger charge is 2.59. The molecule has 0 saturated heterocycles. The van der Waals surface area contributed by atoms with Gasteiger partial charge < -0.3 is 5.11 Å². The number of fused-ring (bicyclic) bond motifs is 5. The minimum atomic E-state index is -3.25. The average molecular weight is 457 g/mol. The second-order valence-electron chi connectivity index (χ2n) is 12.0. The summed E-state index contributed by atoms with van der Waals surface area (Å²) in [5.41, 5.74) is 2.05. The van der Waals surface area contributed by atoms with Crippen LogP contribution >= 0.6 is 0 Å². The van der Waals surface area contributed by atoms with Crippen LogP contribution < -0.4 is 0 Å². The van der Waals surface area contributed by atoms with Gasteiger partial charge in [-0.2, -0.15) is 0 Å². The minimum absolute atomic E-state index is 0.150. The van der Waals surface area contributed by atoms with Crippen molar-refractivity contribution >= 4 is 9.84 Å². The zero-order valence-electron chi connectivity index (χ0n) is 20.0. The lowest BCUT2D eigenvalue weighted by Gasteiger charge is -2.58. The standard InChI is InChI=1S/C28H40O3S/c1-19(18-32(30,31)22-7-5-4-6-8-22)24-11-12-25-23-10-9-20-17-21(29)13-15-27(20,2)26(23)14-16-28(24,25)3/h4-9,19,21,23-26,29H,10-18H2,1-3H3/t19-,21?,23+,24-,25+,26+,27+,28-/m1/s1. The van der Waals surface area contributed by atoms with Crippen LogP contribution in [0.1, 0.15) is 72.1 Å². The first kappa shape index (κ1) is 22.7. The van der Waals surface area contributed by atoms with Gasteiger partial charge in [0, 0.05) is 0 Å². The molecule has 1 N–H and O–H groups in total. The van der Waals surface area contributed by atoms with Crippen LogP contribution in [0.5, 0.6) is 0 Å². The van der Waals surface area contributed by atoms with Gasteiger partial charge in [-0.3, -0.25) is 0 Å². The first-order valence-corrected chi connectivity index (χ1v) is 14.5. The van der Waals surface area contributed by atoms with Crippen LogP contribution in [-0.2, 0) is 9.84 Å². The summed E-state index contributed by atoms with van der Waals surface area (Å²) in [4.78, 5) is 0.465. The SMILES string of the molecule is C[C@H](CS(=O)(=O)c1ccccc1)[C@H]1CC[C@H]2[C@@H]3CC=C4CC(O)CC[C@]4(C)[C@H]3CC[C@]12C. The van der Waals surface area contributed by atoms with E-state index < -0.39 is 9.84 Å². The van der Waals surface area contributed by atoms with Gasteiger partial charge in [-0.1, -0.05) is 50.6 Å². The summed E-state index contributed by atoms with van der Waals surface area (Å²) in [5.74, 6) is 3.09. The molecule has 176 valence electrons. The Balaban J connectivity index is 1.36. The van der Waals surface area contributed by atoms with E-state index in [2.05, 4.69) is 26.8 Å². The van der Waals surface area contributed by atoms with Crippen LogP contribution in [0.25, 0.3) is 0 Å². The quantitative estimate of drug-likeness (QED) is 0.562. The Labute approximate surface area is 194 Å². The molecule has 3 saturated carbocycles. The Hall–Kier alpha value is -1.13. The number of hydrogen-bond donors (Lipinski definition) is 1. The molecule has 0 heterocycles. The number of benzene rings is 1. The van der Waals surface area contributed by atoms with Gasteiger partial charge in [0.1, 0.15) is 0 Å². The first-order chi connectivity index (χ1) is 15.1. The van der Waals surface area contributed by atoms with E-state index in [4.69, 9.17) is 0 Å². The molecule has 1 aromatic rings. The van der Waals surface area contributed by atoms with Gasteiger partial charge in [0.25, 0.3) is 0 Å². The lowest BCUT2D eigenvalue weighted by atomic mass is 9.47. The van der Waals surface area contributed by atoms with Crippen LogP contribution in [0.3, 0.4) is 0 Å². The monoisotopic (exact) mass is 456 g/mol. The van der Waals surface area contributed by atoms with E-state index in [-0.39, 0.29) is 28.6 Å². The Morgan fingerprint density at radius 1 is 1.03 bits per heavy atom. The van der Waals surface area contributed by atoms with Gasteiger partial charge >= 0.3 is 0 Å². The maximum absolute atomic E-state index is 13.1. The molecule has 0 spiro atoms. The molecule has 4 aliphatic carbocycles. The molecule has 3 fully saturated rings. The molecule has 32 heavy (non-hydrogen) atoms. The molecule has 0 radical (unpaired) electrons. The van der Waals surface area contributed by atoms with E-state index in [9.17, 15) is 13.5 Å². The molecule has 8 atom stereocenters. The van der Waals surface area contributed by atoms with Gasteiger partial charge in [0.15, 0.2) is 9.84 Å². The Morgan fingerprint density at radius 2 is 1.78 bits per heavy atom. The summed E-state index contributed by atoms with van der Waals surface area (Å²) in [6.07, 6.45) is 11.3. The minimum Gasteiger partial charge on any atom is -0.393 e. The first-order valence-electron chi connectivity index (χ1n) is 12.8. The number of allylic oxidation sites excluding steroid dienone is 1. The second kappa shape index (κ2) is 7.98. The molecule has 0 bridgehead atoms. The van der Waals surface area contributed by atoms with Crippen LogP contribution in [0.15, 0.2) is 46.9 Å². The summed E-state index contributed by atoms with van der Waals surface area (Å²) in [5, 5.41) is 10.2. The topological polar surface area (TPSA) is 54.4 Å². The molecule has 4 aliphatic rings. The molecular weight excluding hydrogens is 416 g/mol. The van der Waals surface area contributed by atoms with Gasteiger partial charge in [0.2, 0.25) is 0 Å². The Kier molecular flexibility index (Phi) is 5.65. The molecule has 0 amide bonds. The fourth-order valence-corrected chi connectivity index (χ4v) is 10.5. The number of rotatable bonds is 4. The highest BCUT2D eigenvalue weighted by atomic mass is 32.2. The number of aliphatic hydroxyl groups excluding tert-OH is 1. The van der Waals surface area contributed by atoms with Crippen molar-refractivity contribution in [1.82, 2.24) is 0 Å². The average Bonchev–Trinajstić information content (AvgIpc) is 3.12. The van der Waals surface area contributed by atoms with E-state index >= 15 is 0 Å². The molecule has 0 aromatic heterocycles. The summed E-state index contributed by atoms with van der Waals surface area (Å²) in [7, 11) is -3.25. The van der Waals surface area contributed by atoms with Crippen molar-refractivity contribution in [3.05, 3.63) is 42.0 Å². The van der Waals surface area contributed by atoms with E-state index in [0.717, 1.165) is 37.5 Å². The normalized spacial score (nSPS) is 42.4. The smallest absolute Gasteiger partial charge is 0.178 e. The largest absolute Gasteiger partial charge is 0.393 e. The summed E-state index contributed by atoms with van der Waals surface area (Å²) in [6.45, 7) is 7.16. The highest BCUT2D eigenvalue weighted by molar-refractivity contribution is 7.91. The van der Waals surface area contributed by atoms with Crippen molar-refractivity contribution in [1.29, 1.82) is 0 Å². The van der Waals surface area contributed by atoms with Crippen molar-refractivity contribution in [2.45, 2.75) is 83.1 Å². The van der Waals surface area contributed by atoms with Crippen LogP contribution in [0.2, 0.25) is 0 Å². The van der Waals surface area contributed by atoms with Gasteiger partial charge in [0.05, 0.1) is 16.8 Å². The highest BCUT2D eigenvalue weighted by Crippen LogP contribution is 2.67. The lowest BCUT2D eigenvalue weighted by Crippen LogP contribution is -2.51. The molecule has 3 nitrogen and oxygen atoms in total. The number of hydrogen-bond acceptors (Lipinski definition) is 3. The van der Waals surface area contributed by atoms with E-state index in [1.807, 2.05) is 18.2 Å². The number of sulfone groups is 1. The van der Waals surface area contributed by atoms with Crippen molar-refractivity contribution in [2.75, 3.05) is 5.75 Å². The lowest BCUT2D eigenvalue weighted by molar-refractivity contribution is -0.0554. The number of aliphatic hydroxyl groups is 1. The molecule has 0 aliphatic heterocycles. The van der Waals surface area contributed by atoms with Crippen LogP contribution in [0.4, 0.5) is 0 Å². The molecule has 1 unspecified atom stereocenters. The van der Waals surface area contributed by atoms with Crippen LogP contribution in [0, 0.1) is 40.4 Å². The molecule has 4 heteroatoms. The van der Waals surface area contributed by atoms with Gasteiger partial charge in [-0.25, -0.2) is 8.42 Å². The third-order valence-electron chi connectivity index (χ3n) is 10.4. The summed E-state index contributed by atoms with van der Waals surface area (Å²) >= 11 is 0. The predicted molar refractivity (Wildman–Crippen MR) is 129 cm³/mol. The zero-order chi connectivity index (χ0) is 22.7. The van der Waals surface area contributed by atoms with E-state index in [1.54, 1.807) is 12.1 Å². The Morgan fingerprint density at radius 3 is 2.53 bits per heavy atom. The van der Waals surface area contributed by atoms with Gasteiger partial charge in [-0.05, 0) is 104 Å². The Bertz CT molecular complexity index is 983. The third kappa shape index (κ3) is 3.52. The fraction of sp³-hybridized carbons (Fsp3) is 0.714. The summed E-state index contributed by atoms with van der Waals surface area (Å²) < 4.78 is 26.2. The zero-order valence-corrected chi connectivity index (χ0v) is 20.8. The maximum Gasteiger partial charge on any atom is 0.178 e. The molecule has 1 aromatic carbocycles. The third-order valence-corrected chi connectivity index (χ3v) is 12.4. The molecular formula is C28H40O3S. The van der Waals surface area contributed by atoms with Crippen molar-refractivity contribution in [3.8, 4) is 0 Å². The maximum atomic E-state index is 13.1. The predicted octanol–water partition coefficient (Wildman–Crippen LogP) is 6.04. The molecule has 5 rings (SSSR count). The van der Waals surface area contributed by atoms with Crippen LogP contribution in [-0.4, -0.2) is 25.4 Å². The fourth-order valence-electron chi connectivity index (χ4n) is 8.80. The summed E-state index contributed by atoms with van der Waals surface area (Å²) in [6, 6.07) is 8.99. The second-order valence-corrected chi connectivity index (χ2v) is 14.0.